The Labute approximate surface area is 124 Å². The predicted molar refractivity (Wildman–Crippen MR) is 76.9 cm³/mol. The molecule has 0 unspecified atom stereocenters. The number of nitrogens with one attached hydrogen (secondary N) is 1. The quantitative estimate of drug-likeness (QED) is 0.857. The van der Waals surface area contributed by atoms with Crippen LogP contribution >= 0.6 is 0 Å². The van der Waals surface area contributed by atoms with E-state index in [4.69, 9.17) is 4.74 Å². The van der Waals surface area contributed by atoms with Gasteiger partial charge in [-0.15, -0.1) is 0 Å². The molecule has 1 saturated heterocycles. The highest BCUT2D eigenvalue weighted by Crippen LogP contribution is 2.18. The van der Waals surface area contributed by atoms with Crippen molar-refractivity contribution in [1.82, 2.24) is 4.72 Å². The zero-order valence-corrected chi connectivity index (χ0v) is 12.6. The average molecular weight is 313 g/mol. The van der Waals surface area contributed by atoms with Gasteiger partial charge in [0.15, 0.2) is 0 Å². The van der Waals surface area contributed by atoms with Crippen LogP contribution in [0.4, 0.5) is 0 Å². The van der Waals surface area contributed by atoms with Crippen LogP contribution in [0.25, 0.3) is 0 Å². The second-order valence-corrected chi connectivity index (χ2v) is 6.70. The Morgan fingerprint density at radius 1 is 1.38 bits per heavy atom. The van der Waals surface area contributed by atoms with Crippen LogP contribution in [0.5, 0.6) is 0 Å². The molecule has 1 aliphatic rings. The first-order valence-corrected chi connectivity index (χ1v) is 8.38. The van der Waals surface area contributed by atoms with E-state index in [1.807, 2.05) is 6.92 Å². The smallest absolute Gasteiger partial charge is 0.336 e. The van der Waals surface area contributed by atoms with Crippen molar-refractivity contribution in [1.29, 1.82) is 0 Å². The van der Waals surface area contributed by atoms with Gasteiger partial charge in [0.1, 0.15) is 0 Å². The summed E-state index contributed by atoms with van der Waals surface area (Å²) in [5, 5.41) is 9.18. The molecule has 1 aromatic rings. The Hall–Kier alpha value is -1.44. The van der Waals surface area contributed by atoms with E-state index in [0.717, 1.165) is 0 Å². The molecule has 0 bridgehead atoms. The molecular weight excluding hydrogens is 294 g/mol. The lowest BCUT2D eigenvalue weighted by Gasteiger charge is -2.23. The standard InChI is InChI=1S/C14H19NO5S/c1-2-10-3-4-12(9-13(10)14(16)17)21(18,19)15-11-5-7-20-8-6-11/h3-4,9,11,15H,2,5-8H2,1H3,(H,16,17). The fraction of sp³-hybridized carbons (Fsp3) is 0.500. The van der Waals surface area contributed by atoms with Crippen LogP contribution in [-0.4, -0.2) is 38.7 Å². The molecule has 0 amide bonds. The highest BCUT2D eigenvalue weighted by atomic mass is 32.2. The van der Waals surface area contributed by atoms with Crippen LogP contribution in [0, 0.1) is 0 Å². The summed E-state index contributed by atoms with van der Waals surface area (Å²) in [6.45, 7) is 2.89. The Morgan fingerprint density at radius 3 is 2.62 bits per heavy atom. The number of benzene rings is 1. The van der Waals surface area contributed by atoms with Crippen molar-refractivity contribution in [2.45, 2.75) is 37.1 Å². The summed E-state index contributed by atoms with van der Waals surface area (Å²) in [5.74, 6) is -1.12. The maximum absolute atomic E-state index is 12.3. The number of hydrogen-bond donors (Lipinski definition) is 2. The zero-order chi connectivity index (χ0) is 15.5. The van der Waals surface area contributed by atoms with Gasteiger partial charge in [0.2, 0.25) is 10.0 Å². The Balaban J connectivity index is 2.27. The molecule has 1 fully saturated rings. The molecule has 0 aliphatic carbocycles. The summed E-state index contributed by atoms with van der Waals surface area (Å²) < 4.78 is 32.5. The Kier molecular flexibility index (Phi) is 4.97. The van der Waals surface area contributed by atoms with Gasteiger partial charge in [-0.05, 0) is 37.0 Å². The number of carboxylic acid groups (broad SMARTS) is 1. The number of aromatic carboxylic acids is 1. The van der Waals surface area contributed by atoms with E-state index in [1.165, 1.54) is 12.1 Å². The maximum atomic E-state index is 12.3. The van der Waals surface area contributed by atoms with E-state index in [2.05, 4.69) is 4.72 Å². The molecule has 6 nitrogen and oxygen atoms in total. The molecule has 0 spiro atoms. The lowest BCUT2D eigenvalue weighted by molar-refractivity contribution is 0.0695. The number of carboxylic acids is 1. The van der Waals surface area contributed by atoms with Crippen molar-refractivity contribution in [3.8, 4) is 0 Å². The van der Waals surface area contributed by atoms with E-state index < -0.39 is 16.0 Å². The van der Waals surface area contributed by atoms with Crippen molar-refractivity contribution in [2.75, 3.05) is 13.2 Å². The number of sulfonamides is 1. The third kappa shape index (κ3) is 3.81. The first kappa shape index (κ1) is 15.9. The summed E-state index contributed by atoms with van der Waals surface area (Å²) in [4.78, 5) is 11.2. The van der Waals surface area contributed by atoms with Crippen LogP contribution in [-0.2, 0) is 21.2 Å². The largest absolute Gasteiger partial charge is 0.478 e. The Bertz CT molecular complexity index is 620. The van der Waals surface area contributed by atoms with Gasteiger partial charge in [-0.3, -0.25) is 0 Å². The molecule has 21 heavy (non-hydrogen) atoms. The summed E-state index contributed by atoms with van der Waals surface area (Å²) in [7, 11) is -3.71. The van der Waals surface area contributed by atoms with Crippen molar-refractivity contribution < 1.29 is 23.1 Å². The van der Waals surface area contributed by atoms with Gasteiger partial charge < -0.3 is 9.84 Å². The second kappa shape index (κ2) is 6.55. The minimum atomic E-state index is -3.71. The summed E-state index contributed by atoms with van der Waals surface area (Å²) in [5.41, 5.74) is 0.653. The number of aryl methyl sites for hydroxylation is 1. The molecule has 7 heteroatoms. The Morgan fingerprint density at radius 2 is 2.05 bits per heavy atom. The molecule has 2 rings (SSSR count). The average Bonchev–Trinajstić information content (AvgIpc) is 2.47. The van der Waals surface area contributed by atoms with E-state index in [-0.39, 0.29) is 16.5 Å². The molecular formula is C14H19NO5S. The van der Waals surface area contributed by atoms with E-state index in [0.29, 0.717) is 38.0 Å². The first-order chi connectivity index (χ1) is 9.94. The molecule has 116 valence electrons. The van der Waals surface area contributed by atoms with Gasteiger partial charge >= 0.3 is 5.97 Å². The lowest BCUT2D eigenvalue weighted by atomic mass is 10.1. The normalized spacial score (nSPS) is 16.8. The fourth-order valence-electron chi connectivity index (χ4n) is 2.33. The molecule has 1 aromatic carbocycles. The molecule has 0 saturated carbocycles. The van der Waals surface area contributed by atoms with Crippen molar-refractivity contribution >= 4 is 16.0 Å². The maximum Gasteiger partial charge on any atom is 0.336 e. The second-order valence-electron chi connectivity index (χ2n) is 4.99. The third-order valence-corrected chi connectivity index (χ3v) is 5.06. The van der Waals surface area contributed by atoms with Crippen LogP contribution in [0.1, 0.15) is 35.7 Å². The summed E-state index contributed by atoms with van der Waals surface area (Å²) in [6, 6.07) is 4.07. The molecule has 0 radical (unpaired) electrons. The summed E-state index contributed by atoms with van der Waals surface area (Å²) in [6.07, 6.45) is 1.78. The van der Waals surface area contributed by atoms with Gasteiger partial charge in [0.25, 0.3) is 0 Å². The van der Waals surface area contributed by atoms with Crippen LogP contribution in [0.15, 0.2) is 23.1 Å². The third-order valence-electron chi connectivity index (χ3n) is 3.55. The van der Waals surface area contributed by atoms with Gasteiger partial charge in [-0.25, -0.2) is 17.9 Å². The van der Waals surface area contributed by atoms with Gasteiger partial charge in [0, 0.05) is 19.3 Å². The zero-order valence-electron chi connectivity index (χ0n) is 11.8. The van der Waals surface area contributed by atoms with Crippen LogP contribution in [0.2, 0.25) is 0 Å². The van der Waals surface area contributed by atoms with E-state index in [1.54, 1.807) is 6.07 Å². The van der Waals surface area contributed by atoms with Gasteiger partial charge in [-0.1, -0.05) is 13.0 Å². The number of hydrogen-bond acceptors (Lipinski definition) is 4. The van der Waals surface area contributed by atoms with Gasteiger partial charge in [0.05, 0.1) is 10.5 Å². The van der Waals surface area contributed by atoms with Gasteiger partial charge in [-0.2, -0.15) is 0 Å². The minimum absolute atomic E-state index is 0.0106. The highest BCUT2D eigenvalue weighted by Gasteiger charge is 2.23. The molecule has 2 N–H and O–H groups in total. The number of ether oxygens (including phenoxy) is 1. The highest BCUT2D eigenvalue weighted by molar-refractivity contribution is 7.89. The molecule has 0 aromatic heterocycles. The number of carbonyl (C=O) groups is 1. The van der Waals surface area contributed by atoms with Crippen LogP contribution < -0.4 is 4.72 Å². The molecule has 0 atom stereocenters. The fourth-order valence-corrected chi connectivity index (χ4v) is 3.66. The van der Waals surface area contributed by atoms with E-state index >= 15 is 0 Å². The monoisotopic (exact) mass is 313 g/mol. The van der Waals surface area contributed by atoms with Crippen LogP contribution in [0.3, 0.4) is 0 Å². The first-order valence-electron chi connectivity index (χ1n) is 6.90. The SMILES string of the molecule is CCc1ccc(S(=O)(=O)NC2CCOCC2)cc1C(=O)O. The van der Waals surface area contributed by atoms with E-state index in [9.17, 15) is 18.3 Å². The lowest BCUT2D eigenvalue weighted by Crippen LogP contribution is -2.38. The van der Waals surface area contributed by atoms with Crippen molar-refractivity contribution in [2.24, 2.45) is 0 Å². The molecule has 1 aliphatic heterocycles. The minimum Gasteiger partial charge on any atom is -0.478 e. The van der Waals surface area contributed by atoms with Crippen molar-refractivity contribution in [3.05, 3.63) is 29.3 Å². The predicted octanol–water partition coefficient (Wildman–Crippen LogP) is 1.40. The topological polar surface area (TPSA) is 92.7 Å². The van der Waals surface area contributed by atoms with Crippen molar-refractivity contribution in [3.63, 3.8) is 0 Å². The number of rotatable bonds is 5. The summed E-state index contributed by atoms with van der Waals surface area (Å²) >= 11 is 0. The molecule has 1 heterocycles.